The first-order chi connectivity index (χ1) is 8.92. The van der Waals surface area contributed by atoms with Gasteiger partial charge < -0.3 is 15.0 Å². The molecule has 4 nitrogen and oxygen atoms in total. The SMILES string of the molecule is CCCNC(C)(CN(C)CC1CC1C)C(=O)OCC. The van der Waals surface area contributed by atoms with Crippen LogP contribution in [0.25, 0.3) is 0 Å². The molecule has 0 heterocycles. The quantitative estimate of drug-likeness (QED) is 0.650. The lowest BCUT2D eigenvalue weighted by Crippen LogP contribution is -2.57. The monoisotopic (exact) mass is 270 g/mol. The van der Waals surface area contributed by atoms with Crippen molar-refractivity contribution in [3.63, 3.8) is 0 Å². The minimum Gasteiger partial charge on any atom is -0.465 e. The Labute approximate surface area is 117 Å². The summed E-state index contributed by atoms with van der Waals surface area (Å²) < 4.78 is 5.22. The van der Waals surface area contributed by atoms with Crippen molar-refractivity contribution in [3.05, 3.63) is 0 Å². The summed E-state index contributed by atoms with van der Waals surface area (Å²) in [6, 6.07) is 0. The van der Waals surface area contributed by atoms with Crippen molar-refractivity contribution >= 4 is 5.97 Å². The van der Waals surface area contributed by atoms with Gasteiger partial charge in [-0.1, -0.05) is 13.8 Å². The molecule has 1 fully saturated rings. The highest BCUT2D eigenvalue weighted by atomic mass is 16.5. The van der Waals surface area contributed by atoms with E-state index >= 15 is 0 Å². The molecular weight excluding hydrogens is 240 g/mol. The van der Waals surface area contributed by atoms with Crippen molar-refractivity contribution in [1.29, 1.82) is 0 Å². The van der Waals surface area contributed by atoms with Gasteiger partial charge in [0.2, 0.25) is 0 Å². The standard InChI is InChI=1S/C15H30N2O2/c1-6-8-16-15(4,14(18)19-7-2)11-17(5)10-13-9-12(13)3/h12-13,16H,6-11H2,1-5H3. The molecule has 0 amide bonds. The molecule has 0 spiro atoms. The van der Waals surface area contributed by atoms with Gasteiger partial charge >= 0.3 is 5.97 Å². The van der Waals surface area contributed by atoms with Crippen molar-refractivity contribution in [3.8, 4) is 0 Å². The number of rotatable bonds is 9. The molecule has 19 heavy (non-hydrogen) atoms. The molecule has 1 saturated carbocycles. The van der Waals surface area contributed by atoms with Crippen LogP contribution in [0, 0.1) is 11.8 Å². The summed E-state index contributed by atoms with van der Waals surface area (Å²) in [6.45, 7) is 11.3. The molecule has 1 rings (SSSR count). The number of nitrogens with zero attached hydrogens (tertiary/aromatic N) is 1. The summed E-state index contributed by atoms with van der Waals surface area (Å²) in [5.41, 5.74) is -0.598. The van der Waals surface area contributed by atoms with E-state index in [2.05, 4.69) is 31.1 Å². The zero-order valence-electron chi connectivity index (χ0n) is 13.2. The largest absolute Gasteiger partial charge is 0.465 e. The van der Waals surface area contributed by atoms with Crippen LogP contribution < -0.4 is 5.32 Å². The average molecular weight is 270 g/mol. The fourth-order valence-corrected chi connectivity index (χ4v) is 2.54. The third-order valence-electron chi connectivity index (χ3n) is 3.90. The summed E-state index contributed by atoms with van der Waals surface area (Å²) >= 11 is 0. The molecule has 3 atom stereocenters. The van der Waals surface area contributed by atoms with Gasteiger partial charge in [0.1, 0.15) is 5.54 Å². The van der Waals surface area contributed by atoms with Gasteiger partial charge in [-0.25, -0.2) is 0 Å². The number of hydrogen-bond donors (Lipinski definition) is 1. The first-order valence-corrected chi connectivity index (χ1v) is 7.53. The smallest absolute Gasteiger partial charge is 0.327 e. The Morgan fingerprint density at radius 1 is 1.47 bits per heavy atom. The summed E-state index contributed by atoms with van der Waals surface area (Å²) in [7, 11) is 2.09. The van der Waals surface area contributed by atoms with Crippen molar-refractivity contribution in [1.82, 2.24) is 10.2 Å². The van der Waals surface area contributed by atoms with E-state index in [0.29, 0.717) is 13.2 Å². The summed E-state index contributed by atoms with van der Waals surface area (Å²) in [4.78, 5) is 14.4. The van der Waals surface area contributed by atoms with Crippen LogP contribution in [0.2, 0.25) is 0 Å². The van der Waals surface area contributed by atoms with Crippen molar-refractivity contribution in [2.75, 3.05) is 33.3 Å². The molecule has 0 aliphatic heterocycles. The van der Waals surface area contributed by atoms with Crippen LogP contribution >= 0.6 is 0 Å². The number of carbonyl (C=O) groups is 1. The van der Waals surface area contributed by atoms with Crippen molar-refractivity contribution < 1.29 is 9.53 Å². The number of ether oxygens (including phenoxy) is 1. The van der Waals surface area contributed by atoms with Gasteiger partial charge in [0.05, 0.1) is 6.61 Å². The molecule has 0 aromatic rings. The Bertz CT molecular complexity index is 296. The van der Waals surface area contributed by atoms with Crippen LogP contribution in [0.15, 0.2) is 0 Å². The highest BCUT2D eigenvalue weighted by Crippen LogP contribution is 2.38. The topological polar surface area (TPSA) is 41.6 Å². The molecule has 1 aliphatic rings. The van der Waals surface area contributed by atoms with E-state index < -0.39 is 5.54 Å². The second-order valence-corrected chi connectivity index (χ2v) is 6.15. The van der Waals surface area contributed by atoms with Crippen LogP contribution in [0.1, 0.15) is 40.5 Å². The van der Waals surface area contributed by atoms with Crippen LogP contribution in [0.3, 0.4) is 0 Å². The summed E-state index contributed by atoms with van der Waals surface area (Å²) in [5, 5.41) is 3.35. The molecule has 0 aromatic carbocycles. The Morgan fingerprint density at radius 3 is 2.58 bits per heavy atom. The Hall–Kier alpha value is -0.610. The predicted octanol–water partition coefficient (Wildman–Crippen LogP) is 1.90. The Balaban J connectivity index is 2.53. The predicted molar refractivity (Wildman–Crippen MR) is 78.1 cm³/mol. The molecule has 112 valence electrons. The molecule has 0 saturated heterocycles. The number of carbonyl (C=O) groups excluding carboxylic acids is 1. The number of esters is 1. The number of hydrogen-bond acceptors (Lipinski definition) is 4. The van der Waals surface area contributed by atoms with E-state index in [0.717, 1.165) is 31.3 Å². The van der Waals surface area contributed by atoms with Gasteiger partial charge in [0, 0.05) is 13.1 Å². The van der Waals surface area contributed by atoms with E-state index in [-0.39, 0.29) is 5.97 Å². The molecule has 4 heteroatoms. The molecule has 0 bridgehead atoms. The minimum atomic E-state index is -0.598. The maximum absolute atomic E-state index is 12.2. The fourth-order valence-electron chi connectivity index (χ4n) is 2.54. The van der Waals surface area contributed by atoms with Crippen LogP contribution in [-0.4, -0.2) is 49.7 Å². The highest BCUT2D eigenvalue weighted by Gasteiger charge is 2.38. The van der Waals surface area contributed by atoms with Crippen LogP contribution in [-0.2, 0) is 9.53 Å². The zero-order valence-corrected chi connectivity index (χ0v) is 13.2. The van der Waals surface area contributed by atoms with Crippen molar-refractivity contribution in [2.24, 2.45) is 11.8 Å². The maximum Gasteiger partial charge on any atom is 0.327 e. The normalized spacial score (nSPS) is 25.2. The molecule has 0 radical (unpaired) electrons. The first-order valence-electron chi connectivity index (χ1n) is 7.53. The average Bonchev–Trinajstić information content (AvgIpc) is 3.02. The van der Waals surface area contributed by atoms with Crippen LogP contribution in [0.5, 0.6) is 0 Å². The van der Waals surface area contributed by atoms with E-state index in [1.807, 2.05) is 13.8 Å². The van der Waals surface area contributed by atoms with Gasteiger partial charge in [-0.05, 0) is 52.1 Å². The molecular formula is C15H30N2O2. The third-order valence-corrected chi connectivity index (χ3v) is 3.90. The van der Waals surface area contributed by atoms with Gasteiger partial charge in [0.25, 0.3) is 0 Å². The van der Waals surface area contributed by atoms with Crippen molar-refractivity contribution in [2.45, 2.75) is 46.1 Å². The fraction of sp³-hybridized carbons (Fsp3) is 0.933. The first kappa shape index (κ1) is 16.4. The second kappa shape index (κ2) is 7.25. The number of nitrogens with one attached hydrogen (secondary N) is 1. The summed E-state index contributed by atoms with van der Waals surface area (Å²) in [6.07, 6.45) is 2.33. The van der Waals surface area contributed by atoms with E-state index in [9.17, 15) is 4.79 Å². The lowest BCUT2D eigenvalue weighted by Gasteiger charge is -2.32. The van der Waals surface area contributed by atoms with E-state index in [1.165, 1.54) is 6.42 Å². The van der Waals surface area contributed by atoms with Gasteiger partial charge in [0.15, 0.2) is 0 Å². The van der Waals surface area contributed by atoms with E-state index in [4.69, 9.17) is 4.74 Å². The molecule has 0 aromatic heterocycles. The van der Waals surface area contributed by atoms with Crippen LogP contribution in [0.4, 0.5) is 0 Å². The number of likely N-dealkylation sites (N-methyl/N-ethyl adjacent to an activating group) is 1. The Morgan fingerprint density at radius 2 is 2.11 bits per heavy atom. The van der Waals surface area contributed by atoms with Gasteiger partial charge in [-0.3, -0.25) is 4.79 Å². The van der Waals surface area contributed by atoms with Gasteiger partial charge in [-0.2, -0.15) is 0 Å². The lowest BCUT2D eigenvalue weighted by atomic mass is 10.0. The summed E-state index contributed by atoms with van der Waals surface area (Å²) in [5.74, 6) is 1.52. The molecule has 1 N–H and O–H groups in total. The second-order valence-electron chi connectivity index (χ2n) is 6.15. The molecule has 3 unspecified atom stereocenters. The third kappa shape index (κ3) is 5.11. The lowest BCUT2D eigenvalue weighted by molar-refractivity contribution is -0.151. The molecule has 1 aliphatic carbocycles. The minimum absolute atomic E-state index is 0.140. The highest BCUT2D eigenvalue weighted by molar-refractivity contribution is 5.80. The Kier molecular flexibility index (Phi) is 6.27. The van der Waals surface area contributed by atoms with E-state index in [1.54, 1.807) is 0 Å². The van der Waals surface area contributed by atoms with Gasteiger partial charge in [-0.15, -0.1) is 0 Å². The zero-order chi connectivity index (χ0) is 14.5. The maximum atomic E-state index is 12.2.